The van der Waals surface area contributed by atoms with E-state index in [0.717, 1.165) is 143 Å². The Labute approximate surface area is 348 Å². The summed E-state index contributed by atoms with van der Waals surface area (Å²) in [5, 5.41) is 20.2. The fourth-order valence-corrected chi connectivity index (χ4v) is 5.83. The zero-order valence-electron chi connectivity index (χ0n) is 36.4. The van der Waals surface area contributed by atoms with Crippen molar-refractivity contribution in [1.82, 2.24) is 39.7 Å². The van der Waals surface area contributed by atoms with Gasteiger partial charge in [0, 0.05) is 65.4 Å². The zero-order chi connectivity index (χ0) is 41.1. The molecule has 6 N–H and O–H groups in total. The minimum atomic E-state index is 0.568. The average Bonchev–Trinajstić information content (AvgIpc) is 3.22. The van der Waals surface area contributed by atoms with Gasteiger partial charge in [0.25, 0.3) is 0 Å². The van der Waals surface area contributed by atoms with Crippen molar-refractivity contribution >= 4 is 35.7 Å². The molecule has 0 spiro atoms. The number of unbranched alkanes of at least 4 members (excludes halogenated alkanes) is 4. The normalized spacial score (nSPS) is 15.9. The van der Waals surface area contributed by atoms with Crippen molar-refractivity contribution in [2.75, 3.05) is 163 Å². The van der Waals surface area contributed by atoms with Crippen LogP contribution < -0.4 is 31.9 Å². The van der Waals surface area contributed by atoms with E-state index < -0.39 is 0 Å². The van der Waals surface area contributed by atoms with Crippen molar-refractivity contribution in [2.24, 2.45) is 0 Å². The molecule has 0 saturated carbocycles. The van der Waals surface area contributed by atoms with Crippen molar-refractivity contribution in [3.63, 3.8) is 0 Å². The molecule has 1 fully saturated rings. The van der Waals surface area contributed by atoms with Gasteiger partial charge < -0.3 is 50.8 Å². The minimum Gasteiger partial charge on any atom is -0.378 e. The Balaban J connectivity index is 1.38. The largest absolute Gasteiger partial charge is 0.378 e. The Morgan fingerprint density at radius 1 is 0.345 bits per heavy atom. The molecule has 332 valence electrons. The van der Waals surface area contributed by atoms with Crippen LogP contribution in [0.25, 0.3) is 0 Å². The third kappa shape index (κ3) is 23.9. The number of nitrogens with zero attached hydrogens (tertiary/aromatic N) is 8. The van der Waals surface area contributed by atoms with Crippen LogP contribution in [0.3, 0.4) is 0 Å². The van der Waals surface area contributed by atoms with Crippen LogP contribution in [0.15, 0.2) is 0 Å². The van der Waals surface area contributed by atoms with E-state index in [2.05, 4.69) is 99.3 Å². The van der Waals surface area contributed by atoms with E-state index >= 15 is 0 Å². The maximum atomic E-state index is 5.98. The van der Waals surface area contributed by atoms with E-state index in [1.54, 1.807) is 0 Å². The molecular formula is C40H78N14O4. The molecule has 0 amide bonds. The van der Waals surface area contributed by atoms with E-state index in [1.807, 2.05) is 0 Å². The predicted molar refractivity (Wildman–Crippen MR) is 236 cm³/mol. The molecule has 3 rings (SSSR count). The Morgan fingerprint density at radius 2 is 0.569 bits per heavy atom. The van der Waals surface area contributed by atoms with Gasteiger partial charge in [0.15, 0.2) is 0 Å². The van der Waals surface area contributed by atoms with E-state index in [-0.39, 0.29) is 0 Å². The molecule has 1 saturated heterocycles. The van der Waals surface area contributed by atoms with E-state index in [4.69, 9.17) is 18.9 Å². The Bertz CT molecular complexity index is 1110. The van der Waals surface area contributed by atoms with Gasteiger partial charge in [-0.3, -0.25) is 9.80 Å². The summed E-state index contributed by atoms with van der Waals surface area (Å²) in [4.78, 5) is 32.3. The first-order valence-electron chi connectivity index (χ1n) is 22.3. The number of anilines is 6. The smallest absolute Gasteiger partial charge is 0.229 e. The van der Waals surface area contributed by atoms with Gasteiger partial charge in [0.05, 0.1) is 52.9 Å². The molecule has 18 heteroatoms. The summed E-state index contributed by atoms with van der Waals surface area (Å²) in [5.74, 6) is 3.59. The van der Waals surface area contributed by atoms with Crippen LogP contribution in [0.1, 0.15) is 91.9 Å². The van der Waals surface area contributed by atoms with Crippen molar-refractivity contribution in [1.29, 1.82) is 0 Å². The maximum Gasteiger partial charge on any atom is 0.229 e. The van der Waals surface area contributed by atoms with Crippen LogP contribution in [0.5, 0.6) is 0 Å². The Kier molecular flexibility index (Phi) is 28.2. The summed E-state index contributed by atoms with van der Waals surface area (Å²) < 4.78 is 23.9. The van der Waals surface area contributed by atoms with E-state index in [0.29, 0.717) is 88.5 Å². The van der Waals surface area contributed by atoms with Gasteiger partial charge in [-0.15, -0.1) is 0 Å². The Hall–Kier alpha value is -3.42. The van der Waals surface area contributed by atoms with Gasteiger partial charge >= 0.3 is 0 Å². The van der Waals surface area contributed by atoms with Crippen LogP contribution in [-0.2, 0) is 18.9 Å². The number of ether oxygens (including phenoxy) is 4. The molecular weight excluding hydrogens is 741 g/mol. The molecule has 0 radical (unpaired) electrons. The van der Waals surface area contributed by atoms with Gasteiger partial charge in [-0.25, -0.2) is 0 Å². The Morgan fingerprint density at radius 3 is 0.793 bits per heavy atom. The highest BCUT2D eigenvalue weighted by Gasteiger charge is 2.11. The lowest BCUT2D eigenvalue weighted by molar-refractivity contribution is 0.00807. The van der Waals surface area contributed by atoms with Crippen molar-refractivity contribution in [3.8, 4) is 0 Å². The lowest BCUT2D eigenvalue weighted by Crippen LogP contribution is -2.34. The third-order valence-electron chi connectivity index (χ3n) is 9.34. The molecule has 2 aromatic heterocycles. The number of hydrogen-bond donors (Lipinski definition) is 6. The minimum absolute atomic E-state index is 0.568. The summed E-state index contributed by atoms with van der Waals surface area (Å²) in [6.07, 6.45) is 10.6. The standard InChI is InChI=1S/C40H78N14O4/c1-5-9-15-41-35-47-36(42-16-10-6-2)50-39(49-35)45-19-13-21-53-23-27-55-31-33-57-29-25-54(26-30-58-34-32-56-28-24-53)22-14-20-46-40-51-37(43-17-11-7-3)48-38(52-40)44-18-12-8-4/h5-34H2,1-4H3,(H3,41,42,45,47,49,50)(H3,43,44,46,48,51,52). The van der Waals surface area contributed by atoms with E-state index in [1.165, 1.54) is 0 Å². The molecule has 0 aliphatic carbocycles. The SMILES string of the molecule is CCCCNc1nc(NCCCC)nc(NCCCN2CCOCCOCCN(CCCNc3nc(NCCCC)nc(NCCCC)n3)CCOCCOCC2)n1. The summed E-state index contributed by atoms with van der Waals surface area (Å²) in [6, 6.07) is 0. The van der Waals surface area contributed by atoms with Gasteiger partial charge in [0.1, 0.15) is 0 Å². The number of hydrogen-bond acceptors (Lipinski definition) is 18. The summed E-state index contributed by atoms with van der Waals surface area (Å²) >= 11 is 0. The maximum absolute atomic E-state index is 5.98. The first-order valence-corrected chi connectivity index (χ1v) is 22.3. The highest BCUT2D eigenvalue weighted by Crippen LogP contribution is 2.12. The zero-order valence-corrected chi connectivity index (χ0v) is 36.4. The van der Waals surface area contributed by atoms with Gasteiger partial charge in [-0.05, 0) is 51.6 Å². The second kappa shape index (κ2) is 33.4. The first kappa shape index (κ1) is 48.9. The summed E-state index contributed by atoms with van der Waals surface area (Å²) in [6.45, 7) is 23.4. The van der Waals surface area contributed by atoms with Crippen LogP contribution in [0, 0.1) is 0 Å². The van der Waals surface area contributed by atoms with Gasteiger partial charge in [-0.1, -0.05) is 53.4 Å². The fourth-order valence-electron chi connectivity index (χ4n) is 5.83. The van der Waals surface area contributed by atoms with Crippen molar-refractivity contribution < 1.29 is 18.9 Å². The monoisotopic (exact) mass is 819 g/mol. The fraction of sp³-hybridized carbons (Fsp3) is 0.850. The number of aromatic nitrogens is 6. The average molecular weight is 819 g/mol. The van der Waals surface area contributed by atoms with Crippen LogP contribution in [-0.4, -0.2) is 171 Å². The van der Waals surface area contributed by atoms with Gasteiger partial charge in [-0.2, -0.15) is 29.9 Å². The second-order valence-electron chi connectivity index (χ2n) is 14.4. The van der Waals surface area contributed by atoms with E-state index in [9.17, 15) is 0 Å². The molecule has 1 aliphatic heterocycles. The molecule has 0 aromatic carbocycles. The van der Waals surface area contributed by atoms with Gasteiger partial charge in [0.2, 0.25) is 35.7 Å². The molecule has 2 aromatic rings. The molecule has 18 nitrogen and oxygen atoms in total. The molecule has 58 heavy (non-hydrogen) atoms. The highest BCUT2D eigenvalue weighted by molar-refractivity contribution is 5.43. The molecule has 0 bridgehead atoms. The second-order valence-corrected chi connectivity index (χ2v) is 14.4. The molecule has 1 aliphatic rings. The predicted octanol–water partition coefficient (Wildman–Crippen LogP) is 4.89. The highest BCUT2D eigenvalue weighted by atomic mass is 16.5. The van der Waals surface area contributed by atoms with Crippen LogP contribution in [0.2, 0.25) is 0 Å². The number of nitrogens with one attached hydrogen (secondary N) is 6. The third-order valence-corrected chi connectivity index (χ3v) is 9.34. The first-order chi connectivity index (χ1) is 28.6. The van der Waals surface area contributed by atoms with Crippen LogP contribution >= 0.6 is 0 Å². The topological polar surface area (TPSA) is 193 Å². The van der Waals surface area contributed by atoms with Crippen molar-refractivity contribution in [2.45, 2.75) is 91.9 Å². The van der Waals surface area contributed by atoms with Crippen molar-refractivity contribution in [3.05, 3.63) is 0 Å². The quantitative estimate of drug-likeness (QED) is 0.0702. The molecule has 0 unspecified atom stereocenters. The lowest BCUT2D eigenvalue weighted by atomic mass is 10.3. The summed E-state index contributed by atoms with van der Waals surface area (Å²) in [5.41, 5.74) is 0. The summed E-state index contributed by atoms with van der Waals surface area (Å²) in [7, 11) is 0. The number of rotatable bonds is 26. The molecule has 3 heterocycles. The van der Waals surface area contributed by atoms with Crippen LogP contribution in [0.4, 0.5) is 35.7 Å². The molecule has 0 atom stereocenters. The lowest BCUT2D eigenvalue weighted by Gasteiger charge is -2.24.